The van der Waals surface area contributed by atoms with Crippen molar-refractivity contribution in [3.8, 4) is 17.2 Å². The Morgan fingerprint density at radius 3 is 2.17 bits per heavy atom. The van der Waals surface area contributed by atoms with Gasteiger partial charge in [0.15, 0.2) is 11.5 Å². The monoisotopic (exact) mass is 413 g/mol. The summed E-state index contributed by atoms with van der Waals surface area (Å²) in [5.74, 6) is 2.43. The van der Waals surface area contributed by atoms with Crippen molar-refractivity contribution in [3.63, 3.8) is 0 Å². The minimum Gasteiger partial charge on any atom is -0.497 e. The molecule has 5 nitrogen and oxygen atoms in total. The van der Waals surface area contributed by atoms with Gasteiger partial charge in [0.25, 0.3) is 0 Å². The molecule has 0 saturated heterocycles. The molecule has 0 spiro atoms. The van der Waals surface area contributed by atoms with Crippen molar-refractivity contribution in [2.75, 3.05) is 34.4 Å². The van der Waals surface area contributed by atoms with E-state index in [2.05, 4.69) is 29.6 Å². The standard InChI is InChI=1S/C25H35NO4/c1-28-22-7-4-6-19(16-22)10-15-26-14-5-11-25(27)12-8-20-17-23(29-2)24(30-3)18-21(20)9-13-25/h4,6-7,16-18,26-27H,5,8-15H2,1-3H3. The zero-order valence-electron chi connectivity index (χ0n) is 18.5. The largest absolute Gasteiger partial charge is 0.497 e. The number of nitrogens with one attached hydrogen (secondary N) is 1. The molecular formula is C25H35NO4. The molecule has 1 aliphatic rings. The van der Waals surface area contributed by atoms with Gasteiger partial charge in [0.2, 0.25) is 0 Å². The fourth-order valence-corrected chi connectivity index (χ4v) is 4.27. The van der Waals surface area contributed by atoms with Gasteiger partial charge in [0.1, 0.15) is 5.75 Å². The third kappa shape index (κ3) is 5.89. The molecule has 3 rings (SSSR count). The maximum Gasteiger partial charge on any atom is 0.161 e. The van der Waals surface area contributed by atoms with Crippen LogP contribution in [0.1, 0.15) is 42.4 Å². The van der Waals surface area contributed by atoms with Crippen LogP contribution in [0, 0.1) is 0 Å². The van der Waals surface area contributed by atoms with Crippen LogP contribution in [-0.4, -0.2) is 45.1 Å². The molecular weight excluding hydrogens is 378 g/mol. The van der Waals surface area contributed by atoms with E-state index in [-0.39, 0.29) is 0 Å². The molecule has 0 aliphatic heterocycles. The Balaban J connectivity index is 1.43. The van der Waals surface area contributed by atoms with Crippen molar-refractivity contribution in [3.05, 3.63) is 53.1 Å². The number of aliphatic hydroxyl groups is 1. The van der Waals surface area contributed by atoms with E-state index in [0.717, 1.165) is 75.3 Å². The van der Waals surface area contributed by atoms with Crippen molar-refractivity contribution in [2.24, 2.45) is 0 Å². The van der Waals surface area contributed by atoms with E-state index in [0.29, 0.717) is 0 Å². The summed E-state index contributed by atoms with van der Waals surface area (Å²) in [6.45, 7) is 1.84. The third-order valence-electron chi connectivity index (χ3n) is 6.15. The minimum atomic E-state index is -0.603. The highest BCUT2D eigenvalue weighted by molar-refractivity contribution is 5.48. The van der Waals surface area contributed by atoms with Crippen molar-refractivity contribution >= 4 is 0 Å². The van der Waals surface area contributed by atoms with Gasteiger partial charge in [-0.25, -0.2) is 0 Å². The molecule has 0 unspecified atom stereocenters. The smallest absolute Gasteiger partial charge is 0.161 e. The number of fused-ring (bicyclic) bond motifs is 1. The van der Waals surface area contributed by atoms with Gasteiger partial charge in [-0.1, -0.05) is 12.1 Å². The second-order valence-corrected chi connectivity index (χ2v) is 8.16. The van der Waals surface area contributed by atoms with E-state index in [1.54, 1.807) is 21.3 Å². The lowest BCUT2D eigenvalue weighted by atomic mass is 9.89. The first-order valence-corrected chi connectivity index (χ1v) is 10.9. The SMILES string of the molecule is COc1cccc(CCNCCCC2(O)CCc3cc(OC)c(OC)cc3CC2)c1. The molecule has 0 fully saturated rings. The minimum absolute atomic E-state index is 0.603. The van der Waals surface area contributed by atoms with Crippen LogP contribution in [0.2, 0.25) is 0 Å². The lowest BCUT2D eigenvalue weighted by molar-refractivity contribution is 0.0155. The molecule has 0 atom stereocenters. The van der Waals surface area contributed by atoms with E-state index in [1.807, 2.05) is 12.1 Å². The Kier molecular flexibility index (Phi) is 8.00. The maximum atomic E-state index is 11.2. The van der Waals surface area contributed by atoms with Gasteiger partial charge < -0.3 is 24.6 Å². The predicted molar refractivity (Wildman–Crippen MR) is 120 cm³/mol. The first-order chi connectivity index (χ1) is 14.6. The molecule has 0 amide bonds. The molecule has 30 heavy (non-hydrogen) atoms. The fraction of sp³-hybridized carbons (Fsp3) is 0.520. The van der Waals surface area contributed by atoms with Crippen LogP contribution in [0.25, 0.3) is 0 Å². The van der Waals surface area contributed by atoms with E-state index in [4.69, 9.17) is 14.2 Å². The Morgan fingerprint density at radius 2 is 1.57 bits per heavy atom. The van der Waals surface area contributed by atoms with Crippen LogP contribution in [0.15, 0.2) is 36.4 Å². The van der Waals surface area contributed by atoms with E-state index >= 15 is 0 Å². The van der Waals surface area contributed by atoms with Gasteiger partial charge in [-0.05, 0) is 99.0 Å². The summed E-state index contributed by atoms with van der Waals surface area (Å²) in [6, 6.07) is 12.3. The summed E-state index contributed by atoms with van der Waals surface area (Å²) in [7, 11) is 5.03. The summed E-state index contributed by atoms with van der Waals surface area (Å²) in [6.07, 6.45) is 6.09. The van der Waals surface area contributed by atoms with E-state index in [1.165, 1.54) is 16.7 Å². The summed E-state index contributed by atoms with van der Waals surface area (Å²) < 4.78 is 16.2. The summed E-state index contributed by atoms with van der Waals surface area (Å²) in [4.78, 5) is 0. The molecule has 0 bridgehead atoms. The van der Waals surface area contributed by atoms with Gasteiger partial charge >= 0.3 is 0 Å². The summed E-state index contributed by atoms with van der Waals surface area (Å²) in [5.41, 5.74) is 3.20. The first-order valence-electron chi connectivity index (χ1n) is 10.9. The number of ether oxygens (including phenoxy) is 3. The highest BCUT2D eigenvalue weighted by Crippen LogP contribution is 2.37. The number of aryl methyl sites for hydroxylation is 2. The van der Waals surface area contributed by atoms with Crippen molar-refractivity contribution in [2.45, 2.75) is 50.5 Å². The predicted octanol–water partition coefficient (Wildman–Crippen LogP) is 3.93. The molecule has 0 saturated carbocycles. The number of hydrogen-bond acceptors (Lipinski definition) is 5. The molecule has 1 aliphatic carbocycles. The number of methoxy groups -OCH3 is 3. The van der Waals surface area contributed by atoms with Gasteiger partial charge in [-0.15, -0.1) is 0 Å². The molecule has 2 aromatic carbocycles. The topological polar surface area (TPSA) is 60.0 Å². The third-order valence-corrected chi connectivity index (χ3v) is 6.15. The normalized spacial score (nSPS) is 15.2. The Morgan fingerprint density at radius 1 is 0.900 bits per heavy atom. The van der Waals surface area contributed by atoms with Crippen molar-refractivity contribution in [1.82, 2.24) is 5.32 Å². The Bertz CT molecular complexity index is 786. The first kappa shape index (κ1) is 22.4. The lowest BCUT2D eigenvalue weighted by Gasteiger charge is -2.26. The van der Waals surface area contributed by atoms with Crippen LogP contribution >= 0.6 is 0 Å². The Hall–Kier alpha value is -2.24. The van der Waals surface area contributed by atoms with Crippen LogP contribution < -0.4 is 19.5 Å². The van der Waals surface area contributed by atoms with Crippen LogP contribution in [0.5, 0.6) is 17.2 Å². The van der Waals surface area contributed by atoms with Crippen molar-refractivity contribution in [1.29, 1.82) is 0 Å². The second-order valence-electron chi connectivity index (χ2n) is 8.16. The van der Waals surface area contributed by atoms with Gasteiger partial charge in [0, 0.05) is 0 Å². The van der Waals surface area contributed by atoms with Crippen LogP contribution in [0.4, 0.5) is 0 Å². The molecule has 5 heteroatoms. The number of benzene rings is 2. The summed E-state index contributed by atoms with van der Waals surface area (Å²) >= 11 is 0. The highest BCUT2D eigenvalue weighted by Gasteiger charge is 2.29. The average molecular weight is 414 g/mol. The zero-order chi connectivity index (χ0) is 21.4. The molecule has 0 aromatic heterocycles. The van der Waals surface area contributed by atoms with Gasteiger partial charge in [-0.2, -0.15) is 0 Å². The quantitative estimate of drug-likeness (QED) is 0.456. The van der Waals surface area contributed by atoms with Crippen LogP contribution in [0.3, 0.4) is 0 Å². The van der Waals surface area contributed by atoms with E-state index < -0.39 is 5.60 Å². The zero-order valence-corrected chi connectivity index (χ0v) is 18.5. The number of rotatable bonds is 10. The van der Waals surface area contributed by atoms with Crippen LogP contribution in [-0.2, 0) is 19.3 Å². The second kappa shape index (κ2) is 10.7. The maximum absolute atomic E-state index is 11.2. The van der Waals surface area contributed by atoms with Crippen molar-refractivity contribution < 1.29 is 19.3 Å². The molecule has 0 radical (unpaired) electrons. The van der Waals surface area contributed by atoms with Gasteiger partial charge in [-0.3, -0.25) is 0 Å². The van der Waals surface area contributed by atoms with Gasteiger partial charge in [0.05, 0.1) is 26.9 Å². The molecule has 2 N–H and O–H groups in total. The average Bonchev–Trinajstić information content (AvgIpc) is 2.94. The fourth-order valence-electron chi connectivity index (χ4n) is 4.27. The molecule has 164 valence electrons. The summed E-state index contributed by atoms with van der Waals surface area (Å²) in [5, 5.41) is 14.7. The highest BCUT2D eigenvalue weighted by atomic mass is 16.5. The molecule has 2 aromatic rings. The lowest BCUT2D eigenvalue weighted by Crippen LogP contribution is -2.30. The molecule has 0 heterocycles. The Labute approximate surface area is 180 Å². The number of hydrogen-bond donors (Lipinski definition) is 2. The van der Waals surface area contributed by atoms with E-state index in [9.17, 15) is 5.11 Å².